The largest absolute Gasteiger partial charge is 0.378 e. The van der Waals surface area contributed by atoms with Gasteiger partial charge >= 0.3 is 0 Å². The van der Waals surface area contributed by atoms with E-state index in [1.165, 1.54) is 12.1 Å². The van der Waals surface area contributed by atoms with Crippen LogP contribution >= 0.6 is 0 Å². The number of nitrogens with one attached hydrogen (secondary N) is 2. The van der Waals surface area contributed by atoms with Gasteiger partial charge in [-0.1, -0.05) is 18.2 Å². The summed E-state index contributed by atoms with van der Waals surface area (Å²) in [4.78, 5) is 19.4. The molecule has 0 bridgehead atoms. The van der Waals surface area contributed by atoms with Crippen molar-refractivity contribution >= 4 is 11.6 Å². The van der Waals surface area contributed by atoms with Gasteiger partial charge in [0.2, 0.25) is 0 Å². The summed E-state index contributed by atoms with van der Waals surface area (Å²) in [6, 6.07) is 14.6. The SMILES string of the molecule is CN(C)c1cccc(C(=O)N2CCCN(C3CC(c4ccc(F)cc4)NN3)CC2)c1. The molecule has 2 aliphatic rings. The summed E-state index contributed by atoms with van der Waals surface area (Å²) in [5.74, 6) is -0.114. The van der Waals surface area contributed by atoms with Gasteiger partial charge in [0, 0.05) is 57.6 Å². The van der Waals surface area contributed by atoms with Gasteiger partial charge in [-0.25, -0.2) is 15.2 Å². The molecule has 0 aliphatic carbocycles. The molecular weight excluding hydrogens is 381 g/mol. The van der Waals surface area contributed by atoms with Crippen molar-refractivity contribution in [3.63, 3.8) is 0 Å². The van der Waals surface area contributed by atoms with Crippen LogP contribution in [0.15, 0.2) is 48.5 Å². The van der Waals surface area contributed by atoms with E-state index in [9.17, 15) is 9.18 Å². The number of hydrogen-bond acceptors (Lipinski definition) is 5. The second-order valence-corrected chi connectivity index (χ2v) is 8.27. The van der Waals surface area contributed by atoms with Crippen LogP contribution in [0.25, 0.3) is 0 Å². The zero-order chi connectivity index (χ0) is 21.1. The zero-order valence-electron chi connectivity index (χ0n) is 17.6. The van der Waals surface area contributed by atoms with E-state index in [0.29, 0.717) is 6.54 Å². The topological polar surface area (TPSA) is 50.9 Å². The lowest BCUT2D eigenvalue weighted by atomic mass is 10.0. The average molecular weight is 412 g/mol. The second kappa shape index (κ2) is 9.12. The van der Waals surface area contributed by atoms with Crippen LogP contribution in [0, 0.1) is 5.82 Å². The fourth-order valence-corrected chi connectivity index (χ4v) is 4.24. The maximum atomic E-state index is 13.2. The molecule has 2 aromatic carbocycles. The lowest BCUT2D eigenvalue weighted by Crippen LogP contribution is -2.46. The highest BCUT2D eigenvalue weighted by molar-refractivity contribution is 5.95. The number of amides is 1. The Morgan fingerprint density at radius 3 is 2.60 bits per heavy atom. The first-order valence-electron chi connectivity index (χ1n) is 10.6. The number of carbonyl (C=O) groups is 1. The Morgan fingerprint density at radius 1 is 1.03 bits per heavy atom. The summed E-state index contributed by atoms with van der Waals surface area (Å²) in [7, 11) is 3.96. The molecule has 1 amide bonds. The molecule has 0 radical (unpaired) electrons. The molecule has 7 heteroatoms. The third-order valence-corrected chi connectivity index (χ3v) is 6.02. The van der Waals surface area contributed by atoms with Gasteiger partial charge < -0.3 is 9.80 Å². The van der Waals surface area contributed by atoms with Gasteiger partial charge in [-0.15, -0.1) is 0 Å². The van der Waals surface area contributed by atoms with E-state index >= 15 is 0 Å². The van der Waals surface area contributed by atoms with E-state index in [4.69, 9.17) is 0 Å². The quantitative estimate of drug-likeness (QED) is 0.810. The summed E-state index contributed by atoms with van der Waals surface area (Å²) in [6.07, 6.45) is 2.05. The number of rotatable bonds is 4. The van der Waals surface area contributed by atoms with Crippen LogP contribution in [0.2, 0.25) is 0 Å². The van der Waals surface area contributed by atoms with Gasteiger partial charge in [0.25, 0.3) is 5.91 Å². The molecule has 6 nitrogen and oxygen atoms in total. The minimum absolute atomic E-state index is 0.0993. The Labute approximate surface area is 177 Å². The number of carbonyl (C=O) groups excluding carboxylic acids is 1. The summed E-state index contributed by atoms with van der Waals surface area (Å²) in [5.41, 5.74) is 9.58. The van der Waals surface area contributed by atoms with Crippen molar-refractivity contribution in [3.05, 3.63) is 65.5 Å². The van der Waals surface area contributed by atoms with E-state index < -0.39 is 0 Å². The maximum Gasteiger partial charge on any atom is 0.253 e. The number of nitrogens with zero attached hydrogens (tertiary/aromatic N) is 3. The normalized spacial score (nSPS) is 22.7. The van der Waals surface area contributed by atoms with Crippen molar-refractivity contribution in [2.24, 2.45) is 0 Å². The Hall–Kier alpha value is -2.48. The highest BCUT2D eigenvalue weighted by Crippen LogP contribution is 2.25. The predicted octanol–water partition coefficient (Wildman–Crippen LogP) is 2.60. The smallest absolute Gasteiger partial charge is 0.253 e. The average Bonchev–Trinajstić information content (AvgIpc) is 3.12. The van der Waals surface area contributed by atoms with Crippen molar-refractivity contribution in [1.82, 2.24) is 20.7 Å². The first-order chi connectivity index (χ1) is 14.5. The molecule has 160 valence electrons. The van der Waals surface area contributed by atoms with Crippen LogP contribution in [0.4, 0.5) is 10.1 Å². The van der Waals surface area contributed by atoms with Gasteiger partial charge in [-0.3, -0.25) is 9.69 Å². The molecule has 2 aliphatic heterocycles. The minimum Gasteiger partial charge on any atom is -0.378 e. The van der Waals surface area contributed by atoms with Gasteiger partial charge in [0.15, 0.2) is 0 Å². The van der Waals surface area contributed by atoms with Crippen LogP contribution < -0.4 is 15.8 Å². The van der Waals surface area contributed by atoms with Crippen molar-refractivity contribution in [2.75, 3.05) is 45.2 Å². The molecule has 2 unspecified atom stereocenters. The molecule has 30 heavy (non-hydrogen) atoms. The van der Waals surface area contributed by atoms with Crippen LogP contribution in [0.5, 0.6) is 0 Å². The lowest BCUT2D eigenvalue weighted by Gasteiger charge is -2.27. The molecule has 0 spiro atoms. The van der Waals surface area contributed by atoms with E-state index in [1.54, 1.807) is 0 Å². The monoisotopic (exact) mass is 411 g/mol. The number of benzene rings is 2. The van der Waals surface area contributed by atoms with Crippen molar-refractivity contribution in [1.29, 1.82) is 0 Å². The van der Waals surface area contributed by atoms with Crippen LogP contribution in [0.1, 0.15) is 34.8 Å². The van der Waals surface area contributed by atoms with Crippen LogP contribution in [0.3, 0.4) is 0 Å². The molecule has 2 atom stereocenters. The van der Waals surface area contributed by atoms with E-state index in [-0.39, 0.29) is 23.9 Å². The molecule has 0 saturated carbocycles. The highest BCUT2D eigenvalue weighted by Gasteiger charge is 2.31. The van der Waals surface area contributed by atoms with Gasteiger partial charge in [-0.05, 0) is 48.7 Å². The number of anilines is 1. The molecule has 2 heterocycles. The summed E-state index contributed by atoms with van der Waals surface area (Å²) in [6.45, 7) is 3.25. The van der Waals surface area contributed by atoms with Crippen molar-refractivity contribution in [2.45, 2.75) is 25.0 Å². The number of hydrazine groups is 1. The van der Waals surface area contributed by atoms with E-state index in [2.05, 4.69) is 15.8 Å². The number of halogens is 1. The van der Waals surface area contributed by atoms with Crippen molar-refractivity contribution in [3.8, 4) is 0 Å². The van der Waals surface area contributed by atoms with Gasteiger partial charge in [0.1, 0.15) is 5.82 Å². The fraction of sp³-hybridized carbons (Fsp3) is 0.435. The molecule has 2 fully saturated rings. The Bertz CT molecular complexity index is 872. The third-order valence-electron chi connectivity index (χ3n) is 6.02. The number of hydrogen-bond donors (Lipinski definition) is 2. The molecule has 2 N–H and O–H groups in total. The first-order valence-corrected chi connectivity index (χ1v) is 10.6. The maximum absolute atomic E-state index is 13.2. The highest BCUT2D eigenvalue weighted by atomic mass is 19.1. The molecule has 0 aromatic heterocycles. The summed E-state index contributed by atoms with van der Waals surface area (Å²) < 4.78 is 13.2. The van der Waals surface area contributed by atoms with E-state index in [0.717, 1.165) is 49.3 Å². The Kier molecular flexibility index (Phi) is 6.32. The lowest BCUT2D eigenvalue weighted by molar-refractivity contribution is 0.0756. The summed E-state index contributed by atoms with van der Waals surface area (Å²) >= 11 is 0. The fourth-order valence-electron chi connectivity index (χ4n) is 4.24. The molecule has 2 aromatic rings. The summed E-state index contributed by atoms with van der Waals surface area (Å²) in [5, 5.41) is 0. The Morgan fingerprint density at radius 2 is 1.83 bits per heavy atom. The predicted molar refractivity (Wildman–Crippen MR) is 117 cm³/mol. The zero-order valence-corrected chi connectivity index (χ0v) is 17.6. The first kappa shape index (κ1) is 20.8. The van der Waals surface area contributed by atoms with Gasteiger partial charge in [0.05, 0.1) is 6.17 Å². The second-order valence-electron chi connectivity index (χ2n) is 8.27. The molecule has 4 rings (SSSR count). The van der Waals surface area contributed by atoms with E-state index in [1.807, 2.05) is 60.3 Å². The third kappa shape index (κ3) is 4.64. The molecular formula is C23H30FN5O. The minimum atomic E-state index is -0.213. The van der Waals surface area contributed by atoms with Gasteiger partial charge in [-0.2, -0.15) is 0 Å². The Balaban J connectivity index is 1.36. The molecule has 2 saturated heterocycles. The van der Waals surface area contributed by atoms with Crippen molar-refractivity contribution < 1.29 is 9.18 Å². The van der Waals surface area contributed by atoms with Crippen LogP contribution in [-0.4, -0.2) is 62.1 Å². The van der Waals surface area contributed by atoms with Crippen LogP contribution in [-0.2, 0) is 0 Å². The standard InChI is InChI=1S/C23H30FN5O/c1-27(2)20-6-3-5-18(15-20)23(30)29-12-4-11-28(13-14-29)22-16-21(25-26-22)17-7-9-19(24)10-8-17/h3,5-10,15,21-22,25-26H,4,11-14,16H2,1-2H3.